The van der Waals surface area contributed by atoms with Gasteiger partial charge in [-0.25, -0.2) is 0 Å². The van der Waals surface area contributed by atoms with Crippen LogP contribution in [0.15, 0.2) is 24.3 Å². The van der Waals surface area contributed by atoms with E-state index in [4.69, 9.17) is 14.2 Å². The van der Waals surface area contributed by atoms with Crippen LogP contribution in [0.25, 0.3) is 0 Å². The summed E-state index contributed by atoms with van der Waals surface area (Å²) in [5.74, 6) is 0.359. The minimum atomic E-state index is -0.597. The first-order chi connectivity index (χ1) is 11.4. The topological polar surface area (TPSA) is 65.0 Å². The van der Waals surface area contributed by atoms with Crippen molar-refractivity contribution < 1.29 is 24.1 Å². The predicted molar refractivity (Wildman–Crippen MR) is 92.8 cm³/mol. The molecule has 0 radical (unpaired) electrons. The minimum absolute atomic E-state index is 0.0546. The van der Waals surface area contributed by atoms with Gasteiger partial charge >= 0.3 is 5.97 Å². The van der Waals surface area contributed by atoms with Crippen LogP contribution in [0.3, 0.4) is 0 Å². The standard InChI is InChI=1S/C19H30O5/c1-6-18(20)24-15(4)14(3)19(21)13(2)11-23-12-16-7-9-17(22-5)10-8-16/h7-10,13-15,19,21H,6,11-12H2,1-5H3/t13-,14+,15-,19-/m1/s1. The first-order valence-corrected chi connectivity index (χ1v) is 8.47. The fourth-order valence-electron chi connectivity index (χ4n) is 2.38. The summed E-state index contributed by atoms with van der Waals surface area (Å²) in [6, 6.07) is 7.69. The van der Waals surface area contributed by atoms with Crippen molar-refractivity contribution in [3.8, 4) is 5.75 Å². The Morgan fingerprint density at radius 1 is 1.17 bits per heavy atom. The summed E-state index contributed by atoms with van der Waals surface area (Å²) in [5.41, 5.74) is 1.05. The van der Waals surface area contributed by atoms with Gasteiger partial charge in [-0.2, -0.15) is 0 Å². The van der Waals surface area contributed by atoms with Crippen LogP contribution in [-0.4, -0.2) is 37.0 Å². The molecule has 0 spiro atoms. The molecule has 1 rings (SSSR count). The molecule has 5 nitrogen and oxygen atoms in total. The summed E-state index contributed by atoms with van der Waals surface area (Å²) in [7, 11) is 1.63. The number of aliphatic hydroxyl groups excluding tert-OH is 1. The van der Waals surface area contributed by atoms with Crippen molar-refractivity contribution in [3.63, 3.8) is 0 Å². The van der Waals surface area contributed by atoms with Crippen molar-refractivity contribution in [3.05, 3.63) is 29.8 Å². The van der Waals surface area contributed by atoms with E-state index in [2.05, 4.69) is 0 Å². The molecule has 0 unspecified atom stereocenters. The van der Waals surface area contributed by atoms with Gasteiger partial charge in [0.15, 0.2) is 0 Å². The Morgan fingerprint density at radius 2 is 1.79 bits per heavy atom. The highest BCUT2D eigenvalue weighted by atomic mass is 16.5. The van der Waals surface area contributed by atoms with Gasteiger partial charge < -0.3 is 19.3 Å². The molecule has 0 saturated carbocycles. The fourth-order valence-corrected chi connectivity index (χ4v) is 2.38. The van der Waals surface area contributed by atoms with Crippen LogP contribution in [-0.2, 0) is 20.9 Å². The Hall–Kier alpha value is -1.59. The molecule has 0 saturated heterocycles. The van der Waals surface area contributed by atoms with Gasteiger partial charge in [-0.15, -0.1) is 0 Å². The molecule has 1 aromatic carbocycles. The summed E-state index contributed by atoms with van der Waals surface area (Å²) < 4.78 is 16.1. The van der Waals surface area contributed by atoms with Crippen LogP contribution >= 0.6 is 0 Å². The average molecular weight is 338 g/mol. The van der Waals surface area contributed by atoms with Gasteiger partial charge in [0.1, 0.15) is 11.9 Å². The average Bonchev–Trinajstić information content (AvgIpc) is 2.60. The number of esters is 1. The van der Waals surface area contributed by atoms with Gasteiger partial charge in [-0.3, -0.25) is 4.79 Å². The van der Waals surface area contributed by atoms with E-state index in [-0.39, 0.29) is 23.9 Å². The zero-order valence-electron chi connectivity index (χ0n) is 15.3. The Bertz CT molecular complexity index is 485. The lowest BCUT2D eigenvalue weighted by molar-refractivity contribution is -0.153. The Kier molecular flexibility index (Phi) is 8.79. The van der Waals surface area contributed by atoms with Crippen molar-refractivity contribution in [2.24, 2.45) is 11.8 Å². The number of hydrogen-bond acceptors (Lipinski definition) is 5. The SMILES string of the molecule is CCC(=O)O[C@H](C)[C@H](C)[C@H](O)[C@H](C)COCc1ccc(OC)cc1. The third-order valence-corrected chi connectivity index (χ3v) is 4.28. The molecule has 0 aliphatic rings. The number of methoxy groups -OCH3 is 1. The predicted octanol–water partition coefficient (Wildman–Crippen LogP) is 3.19. The summed E-state index contributed by atoms with van der Waals surface area (Å²) in [6.45, 7) is 8.31. The molecule has 0 bridgehead atoms. The van der Waals surface area contributed by atoms with Gasteiger partial charge in [-0.1, -0.05) is 32.9 Å². The third-order valence-electron chi connectivity index (χ3n) is 4.28. The first-order valence-electron chi connectivity index (χ1n) is 8.47. The molecular weight excluding hydrogens is 308 g/mol. The number of benzene rings is 1. The van der Waals surface area contributed by atoms with Gasteiger partial charge in [0.2, 0.25) is 0 Å². The number of ether oxygens (including phenoxy) is 3. The zero-order valence-corrected chi connectivity index (χ0v) is 15.3. The lowest BCUT2D eigenvalue weighted by atomic mass is 9.90. The van der Waals surface area contributed by atoms with Crippen molar-refractivity contribution in [2.45, 2.75) is 52.9 Å². The van der Waals surface area contributed by atoms with Gasteiger partial charge in [0, 0.05) is 18.3 Å². The number of rotatable bonds is 10. The number of hydrogen-bond donors (Lipinski definition) is 1. The Morgan fingerprint density at radius 3 is 2.33 bits per heavy atom. The molecule has 24 heavy (non-hydrogen) atoms. The van der Waals surface area contributed by atoms with Crippen LogP contribution in [0.2, 0.25) is 0 Å². The largest absolute Gasteiger partial charge is 0.497 e. The van der Waals surface area contributed by atoms with E-state index in [0.29, 0.717) is 19.6 Å². The van der Waals surface area contributed by atoms with Crippen LogP contribution in [0.5, 0.6) is 5.75 Å². The second-order valence-corrected chi connectivity index (χ2v) is 6.24. The van der Waals surface area contributed by atoms with Crippen molar-refractivity contribution in [2.75, 3.05) is 13.7 Å². The molecule has 0 fully saturated rings. The Balaban J connectivity index is 2.39. The summed E-state index contributed by atoms with van der Waals surface area (Å²) in [4.78, 5) is 11.4. The Labute approximate surface area is 144 Å². The summed E-state index contributed by atoms with van der Waals surface area (Å²) in [6.07, 6.45) is -0.578. The van der Waals surface area contributed by atoms with E-state index in [1.807, 2.05) is 45.0 Å². The molecule has 0 aliphatic heterocycles. The van der Waals surface area contributed by atoms with E-state index in [1.54, 1.807) is 14.0 Å². The molecule has 0 aromatic heterocycles. The molecule has 5 heteroatoms. The molecule has 4 atom stereocenters. The second kappa shape index (κ2) is 10.3. The second-order valence-electron chi connectivity index (χ2n) is 6.24. The highest BCUT2D eigenvalue weighted by Gasteiger charge is 2.27. The molecule has 0 aliphatic carbocycles. The van der Waals surface area contributed by atoms with Crippen molar-refractivity contribution in [1.82, 2.24) is 0 Å². The minimum Gasteiger partial charge on any atom is -0.497 e. The van der Waals surface area contributed by atoms with Crippen molar-refractivity contribution >= 4 is 5.97 Å². The smallest absolute Gasteiger partial charge is 0.305 e. The van der Waals surface area contributed by atoms with Crippen molar-refractivity contribution in [1.29, 1.82) is 0 Å². The van der Waals surface area contributed by atoms with Crippen LogP contribution in [0.1, 0.15) is 39.7 Å². The van der Waals surface area contributed by atoms with E-state index in [1.165, 1.54) is 0 Å². The first kappa shape index (κ1) is 20.5. The number of aliphatic hydroxyl groups is 1. The van der Waals surface area contributed by atoms with Gasteiger partial charge in [0.25, 0.3) is 0 Å². The fraction of sp³-hybridized carbons (Fsp3) is 0.632. The highest BCUT2D eigenvalue weighted by Crippen LogP contribution is 2.20. The highest BCUT2D eigenvalue weighted by molar-refractivity contribution is 5.69. The molecule has 1 aromatic rings. The van der Waals surface area contributed by atoms with Crippen LogP contribution in [0.4, 0.5) is 0 Å². The molecule has 136 valence electrons. The maximum atomic E-state index is 11.4. The molecule has 1 N–H and O–H groups in total. The number of carbonyl (C=O) groups is 1. The monoisotopic (exact) mass is 338 g/mol. The zero-order chi connectivity index (χ0) is 18.1. The van der Waals surface area contributed by atoms with E-state index >= 15 is 0 Å². The van der Waals surface area contributed by atoms with Crippen LogP contribution in [0, 0.1) is 11.8 Å². The van der Waals surface area contributed by atoms with E-state index in [0.717, 1.165) is 11.3 Å². The van der Waals surface area contributed by atoms with Gasteiger partial charge in [-0.05, 0) is 24.6 Å². The normalized spacial score (nSPS) is 16.1. The summed E-state index contributed by atoms with van der Waals surface area (Å²) >= 11 is 0. The van der Waals surface area contributed by atoms with E-state index in [9.17, 15) is 9.90 Å². The molecule has 0 amide bonds. The van der Waals surface area contributed by atoms with E-state index < -0.39 is 6.10 Å². The lowest BCUT2D eigenvalue weighted by Crippen LogP contribution is -2.36. The maximum Gasteiger partial charge on any atom is 0.305 e. The summed E-state index contributed by atoms with van der Waals surface area (Å²) in [5, 5.41) is 10.4. The quantitative estimate of drug-likeness (QED) is 0.664. The van der Waals surface area contributed by atoms with Crippen LogP contribution < -0.4 is 4.74 Å². The van der Waals surface area contributed by atoms with Gasteiger partial charge in [0.05, 0.1) is 26.4 Å². The maximum absolute atomic E-state index is 11.4. The third kappa shape index (κ3) is 6.49. The molecule has 0 heterocycles. The molecular formula is C19H30O5. The lowest BCUT2D eigenvalue weighted by Gasteiger charge is -2.29. The number of carbonyl (C=O) groups excluding carboxylic acids is 1.